The van der Waals surface area contributed by atoms with Gasteiger partial charge in [-0.25, -0.2) is 0 Å². The van der Waals surface area contributed by atoms with Gasteiger partial charge in [-0.2, -0.15) is 0 Å². The van der Waals surface area contributed by atoms with E-state index in [1.807, 2.05) is 6.07 Å². The van der Waals surface area contributed by atoms with Crippen molar-refractivity contribution in [2.75, 3.05) is 11.9 Å². The van der Waals surface area contributed by atoms with Gasteiger partial charge in [0.25, 0.3) is 5.91 Å². The van der Waals surface area contributed by atoms with Gasteiger partial charge in [0.1, 0.15) is 0 Å². The lowest BCUT2D eigenvalue weighted by atomic mass is 10.1. The number of hydrogen-bond donors (Lipinski definition) is 1. The van der Waals surface area contributed by atoms with E-state index in [1.165, 1.54) is 4.90 Å². The van der Waals surface area contributed by atoms with Crippen LogP contribution in [0.5, 0.6) is 0 Å². The van der Waals surface area contributed by atoms with Crippen molar-refractivity contribution in [3.05, 3.63) is 28.2 Å². The minimum absolute atomic E-state index is 0.0869. The van der Waals surface area contributed by atoms with Gasteiger partial charge in [-0.3, -0.25) is 4.79 Å². The third-order valence-corrected chi connectivity index (χ3v) is 2.68. The van der Waals surface area contributed by atoms with E-state index >= 15 is 0 Å². The zero-order valence-corrected chi connectivity index (χ0v) is 8.95. The Balaban J connectivity index is 2.68. The normalized spacial score (nSPS) is 17.7. The molecule has 5 heteroatoms. The van der Waals surface area contributed by atoms with Gasteiger partial charge in [0.15, 0.2) is 5.71 Å². The zero-order chi connectivity index (χ0) is 10.3. The average Bonchev–Trinajstić information content (AvgIpc) is 2.39. The third kappa shape index (κ3) is 1.13. The smallest absolute Gasteiger partial charge is 0.280 e. The van der Waals surface area contributed by atoms with Gasteiger partial charge in [0, 0.05) is 17.1 Å². The highest BCUT2D eigenvalue weighted by Crippen LogP contribution is 2.30. The summed E-state index contributed by atoms with van der Waals surface area (Å²) in [7, 11) is 1.65. The van der Waals surface area contributed by atoms with Crippen molar-refractivity contribution < 1.29 is 10.0 Å². The maximum atomic E-state index is 11.5. The van der Waals surface area contributed by atoms with Gasteiger partial charge in [0.05, 0.1) is 5.69 Å². The number of benzene rings is 1. The number of amides is 1. The van der Waals surface area contributed by atoms with Crippen molar-refractivity contribution in [3.63, 3.8) is 0 Å². The van der Waals surface area contributed by atoms with E-state index in [2.05, 4.69) is 21.1 Å². The van der Waals surface area contributed by atoms with E-state index in [0.29, 0.717) is 5.56 Å². The Hall–Kier alpha value is -1.36. The highest BCUT2D eigenvalue weighted by atomic mass is 79.9. The molecule has 0 atom stereocenters. The van der Waals surface area contributed by atoms with Crippen LogP contribution >= 0.6 is 15.9 Å². The molecule has 1 aliphatic heterocycles. The molecule has 1 heterocycles. The number of carbonyl (C=O) groups is 1. The molecule has 14 heavy (non-hydrogen) atoms. The van der Waals surface area contributed by atoms with Crippen LogP contribution in [0.3, 0.4) is 0 Å². The first-order valence-electron chi connectivity index (χ1n) is 3.95. The molecule has 4 nitrogen and oxygen atoms in total. The number of fused-ring (bicyclic) bond motifs is 1. The van der Waals surface area contributed by atoms with Crippen LogP contribution in [0.2, 0.25) is 0 Å². The van der Waals surface area contributed by atoms with E-state index in [1.54, 1.807) is 19.2 Å². The minimum Gasteiger partial charge on any atom is -0.410 e. The molecule has 0 saturated heterocycles. The second kappa shape index (κ2) is 3.09. The second-order valence-corrected chi connectivity index (χ2v) is 3.89. The standard InChI is InChI=1S/C9H7BrN2O2/c1-12-7-3-2-5(10)4-6(7)8(11-14)9(12)13/h2-4,14H,1H3/b11-8-. The fourth-order valence-electron chi connectivity index (χ4n) is 1.47. The van der Waals surface area contributed by atoms with Gasteiger partial charge in [0.2, 0.25) is 0 Å². The van der Waals surface area contributed by atoms with E-state index in [9.17, 15) is 4.79 Å². The van der Waals surface area contributed by atoms with Crippen LogP contribution in [-0.4, -0.2) is 23.9 Å². The van der Waals surface area contributed by atoms with Crippen molar-refractivity contribution in [1.82, 2.24) is 0 Å². The van der Waals surface area contributed by atoms with E-state index in [4.69, 9.17) is 5.21 Å². The highest BCUT2D eigenvalue weighted by Gasteiger charge is 2.31. The number of carbonyl (C=O) groups excluding carboxylic acids is 1. The molecular weight excluding hydrogens is 248 g/mol. The summed E-state index contributed by atoms with van der Waals surface area (Å²) >= 11 is 3.29. The average molecular weight is 255 g/mol. The van der Waals surface area contributed by atoms with Crippen molar-refractivity contribution in [3.8, 4) is 0 Å². The Morgan fingerprint density at radius 3 is 2.86 bits per heavy atom. The number of hydrogen-bond acceptors (Lipinski definition) is 3. The zero-order valence-electron chi connectivity index (χ0n) is 7.36. The van der Waals surface area contributed by atoms with Crippen LogP contribution in [0.4, 0.5) is 5.69 Å². The quantitative estimate of drug-likeness (QED) is 0.565. The lowest BCUT2D eigenvalue weighted by molar-refractivity contribution is -0.112. The highest BCUT2D eigenvalue weighted by molar-refractivity contribution is 9.10. The molecule has 1 aromatic rings. The van der Waals surface area contributed by atoms with Crippen LogP contribution in [0.25, 0.3) is 0 Å². The summed E-state index contributed by atoms with van der Waals surface area (Å²) in [5.74, 6) is -0.291. The SMILES string of the molecule is CN1C(=O)/C(=N\O)c2cc(Br)ccc21. The summed E-state index contributed by atoms with van der Waals surface area (Å²) in [6.45, 7) is 0. The Morgan fingerprint density at radius 2 is 2.21 bits per heavy atom. The molecule has 0 aliphatic carbocycles. The minimum atomic E-state index is -0.291. The molecule has 0 saturated carbocycles. The molecule has 2 rings (SSSR count). The molecule has 0 unspecified atom stereocenters. The van der Waals surface area contributed by atoms with Crippen molar-refractivity contribution in [2.24, 2.45) is 5.16 Å². The Bertz CT molecular complexity index is 442. The molecule has 1 aromatic carbocycles. The van der Waals surface area contributed by atoms with Crippen LogP contribution in [0.1, 0.15) is 5.56 Å². The number of anilines is 1. The van der Waals surface area contributed by atoms with Crippen LogP contribution < -0.4 is 4.90 Å². The molecule has 0 aromatic heterocycles. The van der Waals surface area contributed by atoms with Crippen molar-refractivity contribution in [2.45, 2.75) is 0 Å². The first-order valence-corrected chi connectivity index (χ1v) is 4.74. The lowest BCUT2D eigenvalue weighted by Gasteiger charge is -2.07. The fraction of sp³-hybridized carbons (Fsp3) is 0.111. The summed E-state index contributed by atoms with van der Waals surface area (Å²) in [5.41, 5.74) is 1.49. The van der Waals surface area contributed by atoms with Gasteiger partial charge >= 0.3 is 0 Å². The van der Waals surface area contributed by atoms with Crippen molar-refractivity contribution >= 4 is 33.2 Å². The topological polar surface area (TPSA) is 52.9 Å². The van der Waals surface area contributed by atoms with E-state index < -0.39 is 0 Å². The van der Waals surface area contributed by atoms with Gasteiger partial charge < -0.3 is 10.1 Å². The number of nitrogens with zero attached hydrogens (tertiary/aromatic N) is 2. The largest absolute Gasteiger partial charge is 0.410 e. The molecule has 0 fully saturated rings. The summed E-state index contributed by atoms with van der Waals surface area (Å²) in [6, 6.07) is 5.39. The summed E-state index contributed by atoms with van der Waals surface area (Å²) < 4.78 is 0.848. The number of halogens is 1. The van der Waals surface area contributed by atoms with Gasteiger partial charge in [-0.05, 0) is 18.2 Å². The summed E-state index contributed by atoms with van der Waals surface area (Å²) in [6.07, 6.45) is 0. The van der Waals surface area contributed by atoms with Crippen LogP contribution in [0, 0.1) is 0 Å². The molecule has 1 aliphatic rings. The Kier molecular flexibility index (Phi) is 2.03. The Labute approximate surface area is 89.0 Å². The molecule has 0 radical (unpaired) electrons. The fourth-order valence-corrected chi connectivity index (χ4v) is 1.83. The monoisotopic (exact) mass is 254 g/mol. The summed E-state index contributed by atoms with van der Waals surface area (Å²) in [5, 5.41) is 11.7. The first-order chi connectivity index (χ1) is 6.65. The predicted octanol–water partition coefficient (Wildman–Crippen LogP) is 1.60. The van der Waals surface area contributed by atoms with Gasteiger partial charge in [-0.1, -0.05) is 21.1 Å². The molecular formula is C9H7BrN2O2. The Morgan fingerprint density at radius 1 is 1.50 bits per heavy atom. The second-order valence-electron chi connectivity index (χ2n) is 2.97. The molecule has 0 bridgehead atoms. The number of likely N-dealkylation sites (N-methyl/N-ethyl adjacent to an activating group) is 1. The van der Waals surface area contributed by atoms with E-state index in [0.717, 1.165) is 10.2 Å². The first kappa shape index (κ1) is 9.21. The van der Waals surface area contributed by atoms with Gasteiger partial charge in [-0.15, -0.1) is 0 Å². The third-order valence-electron chi connectivity index (χ3n) is 2.18. The molecule has 0 spiro atoms. The maximum absolute atomic E-state index is 11.5. The lowest BCUT2D eigenvalue weighted by Crippen LogP contribution is -2.25. The predicted molar refractivity (Wildman–Crippen MR) is 55.9 cm³/mol. The molecule has 72 valence electrons. The number of oxime groups is 1. The van der Waals surface area contributed by atoms with Crippen molar-refractivity contribution in [1.29, 1.82) is 0 Å². The number of rotatable bonds is 0. The van der Waals surface area contributed by atoms with E-state index in [-0.39, 0.29) is 11.6 Å². The molecule has 1 N–H and O–H groups in total. The van der Waals surface area contributed by atoms with Crippen LogP contribution in [-0.2, 0) is 4.79 Å². The van der Waals surface area contributed by atoms with Crippen LogP contribution in [0.15, 0.2) is 27.8 Å². The molecule has 1 amide bonds. The summed E-state index contributed by atoms with van der Waals surface area (Å²) in [4.78, 5) is 13.0. The maximum Gasteiger partial charge on any atom is 0.280 e.